The predicted molar refractivity (Wildman–Crippen MR) is 102 cm³/mol. The summed E-state index contributed by atoms with van der Waals surface area (Å²) in [7, 11) is 0. The molecule has 156 valence electrons. The van der Waals surface area contributed by atoms with Crippen molar-refractivity contribution in [3.63, 3.8) is 0 Å². The van der Waals surface area contributed by atoms with Crippen LogP contribution in [0.3, 0.4) is 0 Å². The molecule has 0 bridgehead atoms. The van der Waals surface area contributed by atoms with Gasteiger partial charge in [0, 0.05) is 19.1 Å². The maximum absolute atomic E-state index is 13.2. The summed E-state index contributed by atoms with van der Waals surface area (Å²) in [5.41, 5.74) is -0.0947. The summed E-state index contributed by atoms with van der Waals surface area (Å²) in [4.78, 5) is 14.4. The number of thioether (sulfide) groups is 1. The van der Waals surface area contributed by atoms with Gasteiger partial charge in [0.05, 0.1) is 35.9 Å². The molecule has 2 heterocycles. The van der Waals surface area contributed by atoms with E-state index in [1.165, 1.54) is 17.8 Å². The zero-order chi connectivity index (χ0) is 20.4. The number of halogens is 3. The van der Waals surface area contributed by atoms with Gasteiger partial charge in [-0.05, 0) is 31.0 Å². The Bertz CT molecular complexity index is 879. The molecule has 29 heavy (non-hydrogen) atoms. The lowest BCUT2D eigenvalue weighted by Gasteiger charge is -2.31. The molecule has 0 radical (unpaired) electrons. The number of carbonyl (C=O) groups excluding carboxylic acids is 1. The minimum Gasteiger partial charge on any atom is -0.378 e. The van der Waals surface area contributed by atoms with E-state index in [9.17, 15) is 18.0 Å². The van der Waals surface area contributed by atoms with Gasteiger partial charge in [-0.15, -0.1) is 10.2 Å². The number of nitrogens with zero attached hydrogens (tertiary/aromatic N) is 4. The third-order valence-corrected chi connectivity index (χ3v) is 5.72. The molecule has 1 saturated carbocycles. The first kappa shape index (κ1) is 20.0. The van der Waals surface area contributed by atoms with Crippen molar-refractivity contribution in [2.24, 2.45) is 0 Å². The first-order valence-corrected chi connectivity index (χ1v) is 10.3. The van der Waals surface area contributed by atoms with Crippen LogP contribution in [0.25, 0.3) is 0 Å². The molecule has 7 nitrogen and oxygen atoms in total. The highest BCUT2D eigenvalue weighted by Crippen LogP contribution is 2.38. The number of benzene rings is 1. The Morgan fingerprint density at radius 2 is 2.03 bits per heavy atom. The smallest absolute Gasteiger partial charge is 0.378 e. The second-order valence-electron chi connectivity index (χ2n) is 6.92. The molecule has 1 saturated heterocycles. The normalized spacial score (nSPS) is 17.4. The number of aromatic nitrogens is 3. The van der Waals surface area contributed by atoms with Gasteiger partial charge in [0.15, 0.2) is 5.16 Å². The highest BCUT2D eigenvalue weighted by atomic mass is 32.2. The lowest BCUT2D eigenvalue weighted by atomic mass is 10.1. The summed E-state index contributed by atoms with van der Waals surface area (Å²) >= 11 is 1.22. The highest BCUT2D eigenvalue weighted by Gasteiger charge is 2.32. The number of alkyl halides is 3. The number of rotatable bonds is 6. The van der Waals surface area contributed by atoms with E-state index < -0.39 is 17.6 Å². The van der Waals surface area contributed by atoms with Gasteiger partial charge in [0.25, 0.3) is 0 Å². The fourth-order valence-corrected chi connectivity index (χ4v) is 3.93. The van der Waals surface area contributed by atoms with E-state index in [0.29, 0.717) is 43.2 Å². The van der Waals surface area contributed by atoms with Gasteiger partial charge in [-0.25, -0.2) is 0 Å². The average Bonchev–Trinajstić information content (AvgIpc) is 3.44. The second-order valence-corrected chi connectivity index (χ2v) is 7.86. The predicted octanol–water partition coefficient (Wildman–Crippen LogP) is 3.20. The maximum Gasteiger partial charge on any atom is 0.416 e. The van der Waals surface area contributed by atoms with Gasteiger partial charge in [-0.3, -0.25) is 4.79 Å². The molecule has 0 unspecified atom stereocenters. The van der Waals surface area contributed by atoms with Crippen molar-refractivity contribution < 1.29 is 22.7 Å². The van der Waals surface area contributed by atoms with E-state index in [-0.39, 0.29) is 11.4 Å². The van der Waals surface area contributed by atoms with Crippen LogP contribution >= 0.6 is 11.8 Å². The second kappa shape index (κ2) is 8.23. The molecule has 0 atom stereocenters. The highest BCUT2D eigenvalue weighted by molar-refractivity contribution is 7.99. The molecule has 1 aliphatic carbocycles. The van der Waals surface area contributed by atoms with Crippen molar-refractivity contribution >= 4 is 29.0 Å². The van der Waals surface area contributed by atoms with Crippen LogP contribution < -0.4 is 10.2 Å². The number of hydrogen-bond donors (Lipinski definition) is 1. The molecule has 11 heteroatoms. The van der Waals surface area contributed by atoms with E-state index in [0.717, 1.165) is 25.0 Å². The lowest BCUT2D eigenvalue weighted by molar-refractivity contribution is -0.137. The molecule has 0 spiro atoms. The summed E-state index contributed by atoms with van der Waals surface area (Å²) in [6.07, 6.45) is -0.727. The largest absolute Gasteiger partial charge is 0.416 e. The van der Waals surface area contributed by atoms with Crippen molar-refractivity contribution in [2.75, 3.05) is 42.3 Å². The molecule has 2 aromatic rings. The Morgan fingerprint density at radius 1 is 1.28 bits per heavy atom. The summed E-state index contributed by atoms with van der Waals surface area (Å²) in [5, 5.41) is 11.2. The first-order valence-electron chi connectivity index (χ1n) is 9.28. The molecular formula is C18H20F3N5O2S. The fraction of sp³-hybridized carbons (Fsp3) is 0.500. The molecule has 1 N–H and O–H groups in total. The Balaban J connectivity index is 1.48. The molecule has 4 rings (SSSR count). The summed E-state index contributed by atoms with van der Waals surface area (Å²) < 4.78 is 46.8. The van der Waals surface area contributed by atoms with Crippen molar-refractivity contribution in [1.82, 2.24) is 14.8 Å². The Kier molecular flexibility index (Phi) is 5.68. The molecule has 1 aromatic heterocycles. The number of ether oxygens (including phenoxy) is 1. The minimum absolute atomic E-state index is 0.0320. The average molecular weight is 427 g/mol. The Hall–Kier alpha value is -2.27. The third-order valence-electron chi connectivity index (χ3n) is 4.76. The summed E-state index contributed by atoms with van der Waals surface area (Å²) in [6.45, 7) is 2.07. The number of carbonyl (C=O) groups is 1. The maximum atomic E-state index is 13.2. The van der Waals surface area contributed by atoms with Gasteiger partial charge in [-0.1, -0.05) is 11.8 Å². The third kappa shape index (κ3) is 4.84. The van der Waals surface area contributed by atoms with Gasteiger partial charge < -0.3 is 19.5 Å². The topological polar surface area (TPSA) is 72.3 Å². The van der Waals surface area contributed by atoms with Crippen LogP contribution in [0.4, 0.5) is 24.5 Å². The van der Waals surface area contributed by atoms with Crippen LogP contribution in [0.2, 0.25) is 0 Å². The molecule has 2 fully saturated rings. The number of amides is 1. The molecule has 2 aliphatic rings. The molecule has 1 amide bonds. The van der Waals surface area contributed by atoms with Crippen LogP contribution in [0.5, 0.6) is 0 Å². The Morgan fingerprint density at radius 3 is 2.72 bits per heavy atom. The van der Waals surface area contributed by atoms with Gasteiger partial charge >= 0.3 is 6.18 Å². The van der Waals surface area contributed by atoms with Crippen molar-refractivity contribution in [1.29, 1.82) is 0 Å². The van der Waals surface area contributed by atoms with Crippen molar-refractivity contribution in [3.05, 3.63) is 30.1 Å². The van der Waals surface area contributed by atoms with E-state index in [1.807, 2.05) is 9.47 Å². The van der Waals surface area contributed by atoms with Crippen LogP contribution in [0, 0.1) is 0 Å². The van der Waals surface area contributed by atoms with E-state index in [4.69, 9.17) is 4.74 Å². The number of hydrogen-bond acceptors (Lipinski definition) is 6. The number of nitrogens with one attached hydrogen (secondary N) is 1. The zero-order valence-electron chi connectivity index (χ0n) is 15.5. The van der Waals surface area contributed by atoms with Crippen molar-refractivity contribution in [2.45, 2.75) is 30.2 Å². The van der Waals surface area contributed by atoms with Crippen LogP contribution in [-0.4, -0.2) is 52.7 Å². The molecule has 1 aliphatic heterocycles. The van der Waals surface area contributed by atoms with E-state index in [1.54, 1.807) is 6.33 Å². The zero-order valence-corrected chi connectivity index (χ0v) is 16.3. The van der Waals surface area contributed by atoms with Gasteiger partial charge in [0.2, 0.25) is 5.91 Å². The van der Waals surface area contributed by atoms with Crippen LogP contribution in [-0.2, 0) is 15.7 Å². The quantitative estimate of drug-likeness (QED) is 0.714. The van der Waals surface area contributed by atoms with Gasteiger partial charge in [-0.2, -0.15) is 13.2 Å². The van der Waals surface area contributed by atoms with Gasteiger partial charge in [0.1, 0.15) is 6.33 Å². The SMILES string of the molecule is O=C(CSc1nncn1C1CC1)Nc1cc(C(F)(F)F)ccc1N1CCOCC1. The molecule has 1 aromatic carbocycles. The van der Waals surface area contributed by atoms with Crippen LogP contribution in [0.15, 0.2) is 29.7 Å². The van der Waals surface area contributed by atoms with Crippen molar-refractivity contribution in [3.8, 4) is 0 Å². The Labute approximate surface area is 169 Å². The summed E-state index contributed by atoms with van der Waals surface area (Å²) in [6, 6.07) is 3.81. The number of anilines is 2. The minimum atomic E-state index is -4.49. The van der Waals surface area contributed by atoms with E-state index >= 15 is 0 Å². The van der Waals surface area contributed by atoms with E-state index in [2.05, 4.69) is 15.5 Å². The number of morpholine rings is 1. The summed E-state index contributed by atoms with van der Waals surface area (Å²) in [5.74, 6) is -0.362. The lowest BCUT2D eigenvalue weighted by Crippen LogP contribution is -2.37. The monoisotopic (exact) mass is 427 g/mol. The first-order chi connectivity index (χ1) is 13.9. The van der Waals surface area contributed by atoms with Crippen LogP contribution in [0.1, 0.15) is 24.4 Å². The standard InChI is InChI=1S/C18H20F3N5O2S/c19-18(20,21)12-1-4-15(25-5-7-28-8-6-25)14(9-12)23-16(27)10-29-17-24-22-11-26(17)13-2-3-13/h1,4,9,11,13H,2-3,5-8,10H2,(H,23,27). The molecular weight excluding hydrogens is 407 g/mol. The fourth-order valence-electron chi connectivity index (χ4n) is 3.15.